The molecule has 0 rings (SSSR count). The zero-order valence-electron chi connectivity index (χ0n) is 13.1. The zero-order chi connectivity index (χ0) is 15.6. The lowest BCUT2D eigenvalue weighted by atomic mass is 10.1. The van der Waals surface area contributed by atoms with Gasteiger partial charge in [-0.05, 0) is 33.1 Å². The first-order valence-electron chi connectivity index (χ1n) is 6.28. The smallest absolute Gasteiger partial charge is 0.405 e. The number of nitrogens with zero attached hydrogens (tertiary/aromatic N) is 1. The molecule has 2 amide bonds. The molecule has 114 valence electrons. The van der Waals surface area contributed by atoms with Crippen LogP contribution in [0.5, 0.6) is 0 Å². The second kappa shape index (κ2) is 9.61. The largest absolute Gasteiger partial charge is 0.444 e. The van der Waals surface area contributed by atoms with Crippen LogP contribution in [0, 0.1) is 5.92 Å². The molecule has 0 aromatic rings. The fraction of sp³-hybridized carbons (Fsp3) is 0.846. The Morgan fingerprint density at radius 1 is 1.26 bits per heavy atom. The molecule has 0 heterocycles. The van der Waals surface area contributed by atoms with Gasteiger partial charge in [0.15, 0.2) is 0 Å². The maximum Gasteiger partial charge on any atom is 0.405 e. The monoisotopic (exact) mass is 276 g/mol. The van der Waals surface area contributed by atoms with Gasteiger partial charge in [0.05, 0.1) is 7.11 Å². The van der Waals surface area contributed by atoms with Gasteiger partial charge in [-0.25, -0.2) is 9.86 Å². The first kappa shape index (κ1) is 20.0. The molecule has 0 aromatic heterocycles. The van der Waals surface area contributed by atoms with Gasteiger partial charge >= 0.3 is 6.09 Å². The lowest BCUT2D eigenvalue weighted by molar-refractivity contribution is -0.168. The van der Waals surface area contributed by atoms with Crippen LogP contribution in [0.15, 0.2) is 0 Å². The minimum Gasteiger partial charge on any atom is -0.444 e. The number of hydrogen-bond acceptors (Lipinski definition) is 4. The highest BCUT2D eigenvalue weighted by Crippen LogP contribution is 2.05. The summed E-state index contributed by atoms with van der Waals surface area (Å²) in [7, 11) is 3.12. The van der Waals surface area contributed by atoms with Crippen molar-refractivity contribution in [2.24, 2.45) is 11.7 Å². The van der Waals surface area contributed by atoms with Gasteiger partial charge in [0.2, 0.25) is 5.91 Å². The van der Waals surface area contributed by atoms with Crippen LogP contribution >= 0.6 is 0 Å². The molecule has 0 bridgehead atoms. The zero-order valence-corrected chi connectivity index (χ0v) is 13.1. The van der Waals surface area contributed by atoms with Gasteiger partial charge in [-0.15, -0.1) is 0 Å². The summed E-state index contributed by atoms with van der Waals surface area (Å²) in [5.41, 5.74) is 4.26. The van der Waals surface area contributed by atoms with Gasteiger partial charge in [0.25, 0.3) is 0 Å². The molecule has 0 aliphatic rings. The highest BCUT2D eigenvalue weighted by molar-refractivity contribution is 5.74. The average Bonchev–Trinajstić information content (AvgIpc) is 2.21. The van der Waals surface area contributed by atoms with Crippen LogP contribution in [0.2, 0.25) is 0 Å². The van der Waals surface area contributed by atoms with E-state index in [1.165, 1.54) is 12.2 Å². The molecule has 0 fully saturated rings. The number of hydroxylamine groups is 2. The highest BCUT2D eigenvalue weighted by Gasteiger charge is 2.12. The van der Waals surface area contributed by atoms with Gasteiger partial charge in [-0.1, -0.05) is 13.8 Å². The average molecular weight is 276 g/mol. The van der Waals surface area contributed by atoms with Gasteiger partial charge in [0, 0.05) is 13.5 Å². The summed E-state index contributed by atoms with van der Waals surface area (Å²) in [6, 6.07) is 0. The highest BCUT2D eigenvalue weighted by atomic mass is 16.7. The molecule has 6 heteroatoms. The molecule has 0 saturated heterocycles. The molecular weight excluding hydrogens is 248 g/mol. The fourth-order valence-corrected chi connectivity index (χ4v) is 0.973. The third kappa shape index (κ3) is 16.7. The summed E-state index contributed by atoms with van der Waals surface area (Å²) in [6.45, 7) is 9.48. The maximum atomic E-state index is 11.1. The lowest BCUT2D eigenvalue weighted by Crippen LogP contribution is -2.27. The summed E-state index contributed by atoms with van der Waals surface area (Å²) in [4.78, 5) is 25.8. The molecule has 0 unspecified atom stereocenters. The van der Waals surface area contributed by atoms with Gasteiger partial charge in [-0.3, -0.25) is 9.63 Å². The molecule has 2 N–H and O–H groups in total. The molecule has 6 nitrogen and oxygen atoms in total. The summed E-state index contributed by atoms with van der Waals surface area (Å²) >= 11 is 0. The molecule has 0 atom stereocenters. The summed E-state index contributed by atoms with van der Waals surface area (Å²) < 4.78 is 4.58. The third-order valence-corrected chi connectivity index (χ3v) is 1.97. The van der Waals surface area contributed by atoms with Crippen molar-refractivity contribution < 1.29 is 19.2 Å². The second-order valence-electron chi connectivity index (χ2n) is 5.54. The van der Waals surface area contributed by atoms with Gasteiger partial charge < -0.3 is 10.5 Å². The van der Waals surface area contributed by atoms with Crippen molar-refractivity contribution in [3.05, 3.63) is 0 Å². The number of carbonyl (C=O) groups is 2. The minimum absolute atomic E-state index is 0.0428. The van der Waals surface area contributed by atoms with Crippen LogP contribution in [-0.2, 0) is 14.4 Å². The predicted molar refractivity (Wildman–Crippen MR) is 74.3 cm³/mol. The molecule has 0 aromatic carbocycles. The van der Waals surface area contributed by atoms with E-state index in [2.05, 4.69) is 18.6 Å². The van der Waals surface area contributed by atoms with E-state index in [0.717, 1.165) is 6.42 Å². The van der Waals surface area contributed by atoms with Crippen LogP contribution in [-0.4, -0.2) is 36.8 Å². The van der Waals surface area contributed by atoms with Crippen molar-refractivity contribution in [1.82, 2.24) is 5.06 Å². The van der Waals surface area contributed by atoms with Gasteiger partial charge in [-0.2, -0.15) is 0 Å². The summed E-state index contributed by atoms with van der Waals surface area (Å²) in [5.74, 6) is 0.616. The Kier molecular flexibility index (Phi) is 10.1. The number of primary amides is 1. The number of nitrogens with two attached hydrogens (primary N) is 1. The first-order valence-corrected chi connectivity index (χ1v) is 6.28. The summed E-state index contributed by atoms with van der Waals surface area (Å²) in [5, 5.41) is 1.27. The third-order valence-electron chi connectivity index (χ3n) is 1.97. The molecule has 19 heavy (non-hydrogen) atoms. The fourth-order valence-electron chi connectivity index (χ4n) is 0.973. The molecule has 0 saturated carbocycles. The van der Waals surface area contributed by atoms with Crippen molar-refractivity contribution >= 4 is 12.0 Å². The maximum absolute atomic E-state index is 11.1. The van der Waals surface area contributed by atoms with E-state index in [1.807, 2.05) is 0 Å². The Morgan fingerprint density at radius 2 is 1.74 bits per heavy atom. The predicted octanol–water partition coefficient (Wildman–Crippen LogP) is 2.32. The van der Waals surface area contributed by atoms with E-state index in [1.54, 1.807) is 27.8 Å². The van der Waals surface area contributed by atoms with Crippen molar-refractivity contribution in [2.75, 3.05) is 14.2 Å². The van der Waals surface area contributed by atoms with Crippen molar-refractivity contribution in [2.45, 2.75) is 53.1 Å². The Bertz CT molecular complexity index is 272. The standard InChI is InChI=1S/C8H17NO2.C5H11NO2/c1-7(2)5-6-8(10)9(3)11-4;1-5(2,3)8-4(6)7/h7H,5-6H2,1-4H3;1-3H3,(H2,6,7). The Balaban J connectivity index is 0. The molecular formula is C13H28N2O4. The lowest BCUT2D eigenvalue weighted by Gasteiger charge is -2.16. The van der Waals surface area contributed by atoms with E-state index in [0.29, 0.717) is 12.3 Å². The van der Waals surface area contributed by atoms with Crippen LogP contribution < -0.4 is 5.73 Å². The van der Waals surface area contributed by atoms with Crippen molar-refractivity contribution in [3.63, 3.8) is 0 Å². The van der Waals surface area contributed by atoms with Crippen LogP contribution in [0.4, 0.5) is 4.79 Å². The van der Waals surface area contributed by atoms with E-state index in [-0.39, 0.29) is 5.91 Å². The molecule has 0 aliphatic heterocycles. The molecule has 0 radical (unpaired) electrons. The van der Waals surface area contributed by atoms with Gasteiger partial charge in [0.1, 0.15) is 5.60 Å². The van der Waals surface area contributed by atoms with E-state index < -0.39 is 11.7 Å². The normalized spacial score (nSPS) is 10.5. The Labute approximate surface area is 116 Å². The summed E-state index contributed by atoms with van der Waals surface area (Å²) in [6.07, 6.45) is 0.770. The molecule has 0 spiro atoms. The number of hydrogen-bond donors (Lipinski definition) is 1. The quantitative estimate of drug-likeness (QED) is 0.799. The van der Waals surface area contributed by atoms with Crippen molar-refractivity contribution in [1.29, 1.82) is 0 Å². The number of ether oxygens (including phenoxy) is 1. The van der Waals surface area contributed by atoms with Crippen LogP contribution in [0.1, 0.15) is 47.5 Å². The van der Waals surface area contributed by atoms with E-state index in [9.17, 15) is 9.59 Å². The number of amides is 2. The van der Waals surface area contributed by atoms with Crippen LogP contribution in [0.3, 0.4) is 0 Å². The SMILES string of the molecule is CC(C)(C)OC(N)=O.CON(C)C(=O)CCC(C)C. The van der Waals surface area contributed by atoms with Crippen molar-refractivity contribution in [3.8, 4) is 0 Å². The Morgan fingerprint density at radius 3 is 1.95 bits per heavy atom. The minimum atomic E-state index is -0.725. The molecule has 0 aliphatic carbocycles. The van der Waals surface area contributed by atoms with E-state index in [4.69, 9.17) is 10.6 Å². The van der Waals surface area contributed by atoms with E-state index >= 15 is 0 Å². The number of carbonyl (C=O) groups excluding carboxylic acids is 2. The number of rotatable bonds is 4. The second-order valence-corrected chi connectivity index (χ2v) is 5.54. The Hall–Kier alpha value is -1.30. The first-order chi connectivity index (χ1) is 8.49. The topological polar surface area (TPSA) is 81.9 Å². The van der Waals surface area contributed by atoms with Crippen LogP contribution in [0.25, 0.3) is 0 Å².